The van der Waals surface area contributed by atoms with Crippen molar-refractivity contribution >= 4 is 28.6 Å². The number of rotatable bonds is 3. The maximum Gasteiger partial charge on any atom is 0.235 e. The van der Waals surface area contributed by atoms with Gasteiger partial charge in [0.15, 0.2) is 5.65 Å². The molecule has 0 unspecified atom stereocenters. The molecule has 0 amide bonds. The van der Waals surface area contributed by atoms with E-state index >= 15 is 0 Å². The van der Waals surface area contributed by atoms with Gasteiger partial charge >= 0.3 is 0 Å². The third-order valence-electron chi connectivity index (χ3n) is 3.94. The van der Waals surface area contributed by atoms with Gasteiger partial charge in [0.2, 0.25) is 5.88 Å². The standard InChI is InChI=1S/C18H14ClN3OS/c1-2-14-16(19)18(23)22-17(21-14)13(9-20-22)15-8-12(10-24-15)11-6-4-3-5-7-11/h3-10,23H,2H2,1H3. The number of nitrogens with zero attached hydrogens (tertiary/aromatic N) is 3. The molecule has 0 radical (unpaired) electrons. The molecule has 3 heterocycles. The lowest BCUT2D eigenvalue weighted by molar-refractivity contribution is 0.434. The molecule has 0 saturated carbocycles. The predicted octanol–water partition coefficient (Wildman–Crippen LogP) is 5.05. The largest absolute Gasteiger partial charge is 0.492 e. The first-order valence-corrected chi connectivity index (χ1v) is 8.84. The SMILES string of the molecule is CCc1nc2c(-c3cc(-c4ccccc4)cs3)cnn2c(O)c1Cl. The number of aromatic nitrogens is 3. The minimum absolute atomic E-state index is 0.0652. The van der Waals surface area contributed by atoms with Crippen LogP contribution in [0.25, 0.3) is 27.2 Å². The van der Waals surface area contributed by atoms with Gasteiger partial charge in [-0.25, -0.2) is 4.98 Å². The second-order valence-corrected chi connectivity index (χ2v) is 6.70. The van der Waals surface area contributed by atoms with Crippen LogP contribution in [0.1, 0.15) is 12.6 Å². The van der Waals surface area contributed by atoms with E-state index in [-0.39, 0.29) is 10.9 Å². The van der Waals surface area contributed by atoms with Crippen LogP contribution in [0.2, 0.25) is 5.02 Å². The fraction of sp³-hybridized carbons (Fsp3) is 0.111. The van der Waals surface area contributed by atoms with Crippen LogP contribution in [-0.2, 0) is 6.42 Å². The Hall–Kier alpha value is -2.37. The molecule has 0 aliphatic carbocycles. The third kappa shape index (κ3) is 2.37. The van der Waals surface area contributed by atoms with E-state index in [0.29, 0.717) is 17.8 Å². The lowest BCUT2D eigenvalue weighted by Crippen LogP contribution is -1.98. The zero-order chi connectivity index (χ0) is 16.7. The third-order valence-corrected chi connectivity index (χ3v) is 5.29. The molecule has 4 nitrogen and oxygen atoms in total. The molecule has 0 bridgehead atoms. The molecule has 24 heavy (non-hydrogen) atoms. The van der Waals surface area contributed by atoms with Crippen molar-refractivity contribution in [2.45, 2.75) is 13.3 Å². The summed E-state index contributed by atoms with van der Waals surface area (Å²) in [6, 6.07) is 12.3. The molecule has 4 rings (SSSR count). The Morgan fingerprint density at radius 2 is 2.00 bits per heavy atom. The van der Waals surface area contributed by atoms with Gasteiger partial charge in [0.05, 0.1) is 17.5 Å². The smallest absolute Gasteiger partial charge is 0.235 e. The van der Waals surface area contributed by atoms with E-state index in [1.807, 2.05) is 25.1 Å². The Balaban J connectivity index is 1.86. The molecule has 1 aromatic carbocycles. The van der Waals surface area contributed by atoms with Crippen molar-refractivity contribution in [2.75, 3.05) is 0 Å². The number of thiophene rings is 1. The Kier molecular flexibility index (Phi) is 3.75. The van der Waals surface area contributed by atoms with Crippen molar-refractivity contribution in [3.05, 3.63) is 58.7 Å². The fourth-order valence-electron chi connectivity index (χ4n) is 2.67. The summed E-state index contributed by atoms with van der Waals surface area (Å²) >= 11 is 7.77. The van der Waals surface area contributed by atoms with Crippen molar-refractivity contribution in [1.82, 2.24) is 14.6 Å². The summed E-state index contributed by atoms with van der Waals surface area (Å²) in [7, 11) is 0. The topological polar surface area (TPSA) is 50.4 Å². The van der Waals surface area contributed by atoms with Gasteiger partial charge in [-0.2, -0.15) is 9.61 Å². The molecule has 0 spiro atoms. The molecular formula is C18H14ClN3OS. The summed E-state index contributed by atoms with van der Waals surface area (Å²) in [5.41, 5.74) is 4.51. The van der Waals surface area contributed by atoms with Gasteiger partial charge in [0, 0.05) is 4.88 Å². The molecule has 0 fully saturated rings. The molecule has 0 aliphatic heterocycles. The van der Waals surface area contributed by atoms with Crippen LogP contribution in [0.3, 0.4) is 0 Å². The molecule has 0 atom stereocenters. The van der Waals surface area contributed by atoms with Gasteiger partial charge in [-0.05, 0) is 29.0 Å². The fourth-order valence-corrected chi connectivity index (χ4v) is 3.85. The Labute approximate surface area is 148 Å². The minimum Gasteiger partial charge on any atom is -0.492 e. The van der Waals surface area contributed by atoms with Crippen LogP contribution in [0, 0.1) is 0 Å². The highest BCUT2D eigenvalue weighted by Gasteiger charge is 2.17. The monoisotopic (exact) mass is 355 g/mol. The van der Waals surface area contributed by atoms with Crippen molar-refractivity contribution < 1.29 is 5.11 Å². The highest BCUT2D eigenvalue weighted by molar-refractivity contribution is 7.14. The summed E-state index contributed by atoms with van der Waals surface area (Å²) in [4.78, 5) is 5.64. The lowest BCUT2D eigenvalue weighted by Gasteiger charge is -2.05. The molecule has 0 aliphatic rings. The van der Waals surface area contributed by atoms with Crippen LogP contribution in [-0.4, -0.2) is 19.7 Å². The van der Waals surface area contributed by atoms with Gasteiger partial charge < -0.3 is 5.11 Å². The number of aromatic hydroxyl groups is 1. The van der Waals surface area contributed by atoms with Crippen LogP contribution in [0.5, 0.6) is 5.88 Å². The first kappa shape index (κ1) is 15.2. The Bertz CT molecular complexity index is 1020. The van der Waals surface area contributed by atoms with E-state index in [1.54, 1.807) is 17.5 Å². The van der Waals surface area contributed by atoms with Crippen molar-refractivity contribution in [2.24, 2.45) is 0 Å². The quantitative estimate of drug-likeness (QED) is 0.559. The second-order valence-electron chi connectivity index (χ2n) is 5.41. The molecule has 120 valence electrons. The number of hydrogen-bond acceptors (Lipinski definition) is 4. The van der Waals surface area contributed by atoms with Gasteiger partial charge in [-0.3, -0.25) is 0 Å². The number of aryl methyl sites for hydroxylation is 1. The highest BCUT2D eigenvalue weighted by Crippen LogP contribution is 2.36. The van der Waals surface area contributed by atoms with Crippen molar-refractivity contribution in [3.63, 3.8) is 0 Å². The number of benzene rings is 1. The first-order chi connectivity index (χ1) is 11.7. The second kappa shape index (κ2) is 5.92. The van der Waals surface area contributed by atoms with E-state index in [4.69, 9.17) is 11.6 Å². The van der Waals surface area contributed by atoms with Gasteiger partial charge in [0.1, 0.15) is 5.02 Å². The Morgan fingerprint density at radius 3 is 2.75 bits per heavy atom. The maximum absolute atomic E-state index is 10.2. The first-order valence-electron chi connectivity index (χ1n) is 7.58. The summed E-state index contributed by atoms with van der Waals surface area (Å²) < 4.78 is 1.39. The molecular weight excluding hydrogens is 342 g/mol. The zero-order valence-electron chi connectivity index (χ0n) is 12.9. The van der Waals surface area contributed by atoms with Gasteiger partial charge in [-0.15, -0.1) is 11.3 Å². The number of halogens is 1. The van der Waals surface area contributed by atoms with Gasteiger partial charge in [0.25, 0.3) is 0 Å². The molecule has 6 heteroatoms. The molecule has 3 aromatic heterocycles. The van der Waals surface area contributed by atoms with Crippen molar-refractivity contribution in [1.29, 1.82) is 0 Å². The van der Waals surface area contributed by atoms with Crippen LogP contribution < -0.4 is 0 Å². The average molecular weight is 356 g/mol. The van der Waals surface area contributed by atoms with E-state index in [1.165, 1.54) is 10.1 Å². The molecule has 1 N–H and O–H groups in total. The van der Waals surface area contributed by atoms with E-state index in [0.717, 1.165) is 16.0 Å². The highest BCUT2D eigenvalue weighted by atomic mass is 35.5. The Morgan fingerprint density at radius 1 is 1.21 bits per heavy atom. The lowest BCUT2D eigenvalue weighted by atomic mass is 10.1. The van der Waals surface area contributed by atoms with E-state index < -0.39 is 0 Å². The summed E-state index contributed by atoms with van der Waals surface area (Å²) in [5.74, 6) is -0.0652. The number of hydrogen-bond donors (Lipinski definition) is 1. The molecule has 0 saturated heterocycles. The van der Waals surface area contributed by atoms with Crippen molar-refractivity contribution in [3.8, 4) is 27.4 Å². The minimum atomic E-state index is -0.0652. The van der Waals surface area contributed by atoms with Crippen LogP contribution >= 0.6 is 22.9 Å². The van der Waals surface area contributed by atoms with Crippen LogP contribution in [0.4, 0.5) is 0 Å². The van der Waals surface area contributed by atoms with Gasteiger partial charge in [-0.1, -0.05) is 48.9 Å². The average Bonchev–Trinajstić information content (AvgIpc) is 3.25. The predicted molar refractivity (Wildman–Crippen MR) is 97.8 cm³/mol. The summed E-state index contributed by atoms with van der Waals surface area (Å²) in [5, 5.41) is 16.9. The summed E-state index contributed by atoms with van der Waals surface area (Å²) in [6.45, 7) is 1.96. The molecule has 4 aromatic rings. The van der Waals surface area contributed by atoms with E-state index in [9.17, 15) is 5.11 Å². The summed E-state index contributed by atoms with van der Waals surface area (Å²) in [6.07, 6.45) is 2.37. The number of fused-ring (bicyclic) bond motifs is 1. The van der Waals surface area contributed by atoms with E-state index in [2.05, 4.69) is 33.7 Å². The zero-order valence-corrected chi connectivity index (χ0v) is 14.5. The maximum atomic E-state index is 10.2. The normalized spacial score (nSPS) is 11.2. The van der Waals surface area contributed by atoms with Crippen LogP contribution in [0.15, 0.2) is 48.0 Å².